The first kappa shape index (κ1) is 11.7. The Morgan fingerprint density at radius 3 is 2.82 bits per heavy atom. The second-order valence-corrected chi connectivity index (χ2v) is 4.33. The van der Waals surface area contributed by atoms with Gasteiger partial charge in [-0.3, -0.25) is 4.79 Å². The van der Waals surface area contributed by atoms with Gasteiger partial charge in [-0.25, -0.2) is 0 Å². The van der Waals surface area contributed by atoms with Gasteiger partial charge < -0.3 is 10.5 Å². The highest BCUT2D eigenvalue weighted by Gasteiger charge is 2.16. The van der Waals surface area contributed by atoms with Crippen LogP contribution >= 0.6 is 0 Å². The van der Waals surface area contributed by atoms with Crippen molar-refractivity contribution in [1.82, 2.24) is 0 Å². The van der Waals surface area contributed by atoms with Crippen LogP contribution < -0.4 is 10.5 Å². The molecule has 1 saturated carbocycles. The predicted octanol–water partition coefficient (Wildman–Crippen LogP) is 2.51. The van der Waals surface area contributed by atoms with Crippen molar-refractivity contribution >= 4 is 12.0 Å². The molecule has 3 nitrogen and oxygen atoms in total. The zero-order valence-corrected chi connectivity index (χ0v) is 9.76. The van der Waals surface area contributed by atoms with Gasteiger partial charge in [0, 0.05) is 6.08 Å². The van der Waals surface area contributed by atoms with Crippen molar-refractivity contribution in [2.45, 2.75) is 31.8 Å². The van der Waals surface area contributed by atoms with Crippen molar-refractivity contribution < 1.29 is 9.53 Å². The van der Waals surface area contributed by atoms with Crippen LogP contribution in [0.2, 0.25) is 0 Å². The summed E-state index contributed by atoms with van der Waals surface area (Å²) >= 11 is 0. The molecule has 0 heterocycles. The molecule has 1 aliphatic rings. The van der Waals surface area contributed by atoms with E-state index in [1.807, 2.05) is 24.3 Å². The van der Waals surface area contributed by atoms with Crippen molar-refractivity contribution in [1.29, 1.82) is 0 Å². The summed E-state index contributed by atoms with van der Waals surface area (Å²) in [6, 6.07) is 7.71. The number of amides is 1. The molecule has 0 bridgehead atoms. The van der Waals surface area contributed by atoms with Crippen LogP contribution in [0.25, 0.3) is 6.08 Å². The Kier molecular flexibility index (Phi) is 3.81. The number of hydrogen-bond donors (Lipinski definition) is 1. The van der Waals surface area contributed by atoms with E-state index in [4.69, 9.17) is 10.5 Å². The molecule has 0 spiro atoms. The maximum absolute atomic E-state index is 10.6. The number of ether oxygens (including phenoxy) is 1. The topological polar surface area (TPSA) is 52.3 Å². The van der Waals surface area contributed by atoms with E-state index in [0.717, 1.165) is 24.2 Å². The Bertz CT molecular complexity index is 420. The summed E-state index contributed by atoms with van der Waals surface area (Å²) in [5, 5.41) is 0. The van der Waals surface area contributed by atoms with Crippen LogP contribution in [-0.2, 0) is 4.79 Å². The molecule has 1 aliphatic carbocycles. The molecule has 0 atom stereocenters. The van der Waals surface area contributed by atoms with Gasteiger partial charge in [-0.1, -0.05) is 12.1 Å². The van der Waals surface area contributed by atoms with E-state index < -0.39 is 5.91 Å². The zero-order valence-electron chi connectivity index (χ0n) is 9.76. The second-order valence-electron chi connectivity index (χ2n) is 4.33. The molecule has 1 amide bonds. The van der Waals surface area contributed by atoms with Crippen LogP contribution in [0.4, 0.5) is 0 Å². The van der Waals surface area contributed by atoms with Crippen molar-refractivity contribution in [2.24, 2.45) is 5.73 Å². The summed E-state index contributed by atoms with van der Waals surface area (Å²) in [4.78, 5) is 10.6. The standard InChI is InChI=1S/C14H17NO2/c15-14(16)9-8-11-4-3-7-13(10-11)17-12-5-1-2-6-12/h3-4,7-10,12H,1-2,5-6H2,(H2,15,16). The number of benzene rings is 1. The lowest BCUT2D eigenvalue weighted by Crippen LogP contribution is -2.10. The Morgan fingerprint density at radius 2 is 2.12 bits per heavy atom. The molecule has 90 valence electrons. The third-order valence-electron chi connectivity index (χ3n) is 2.90. The van der Waals surface area contributed by atoms with E-state index >= 15 is 0 Å². The fourth-order valence-corrected chi connectivity index (χ4v) is 2.07. The van der Waals surface area contributed by atoms with Crippen LogP contribution in [0, 0.1) is 0 Å². The summed E-state index contributed by atoms with van der Waals surface area (Å²) in [7, 11) is 0. The summed E-state index contributed by atoms with van der Waals surface area (Å²) in [6.45, 7) is 0. The molecule has 0 aliphatic heterocycles. The van der Waals surface area contributed by atoms with E-state index in [-0.39, 0.29) is 0 Å². The highest BCUT2D eigenvalue weighted by Crippen LogP contribution is 2.24. The van der Waals surface area contributed by atoms with E-state index in [1.165, 1.54) is 18.9 Å². The van der Waals surface area contributed by atoms with E-state index in [9.17, 15) is 4.79 Å². The smallest absolute Gasteiger partial charge is 0.241 e. The quantitative estimate of drug-likeness (QED) is 0.809. The van der Waals surface area contributed by atoms with Gasteiger partial charge in [0.05, 0.1) is 6.10 Å². The van der Waals surface area contributed by atoms with Gasteiger partial charge in [0.2, 0.25) is 5.91 Å². The first-order valence-corrected chi connectivity index (χ1v) is 5.98. The molecule has 0 saturated heterocycles. The Labute approximate surface area is 101 Å². The number of carbonyl (C=O) groups is 1. The third-order valence-corrected chi connectivity index (χ3v) is 2.90. The van der Waals surface area contributed by atoms with Crippen LogP contribution in [0.3, 0.4) is 0 Å². The fraction of sp³-hybridized carbons (Fsp3) is 0.357. The lowest BCUT2D eigenvalue weighted by molar-refractivity contribution is -0.113. The first-order chi connectivity index (χ1) is 8.24. The first-order valence-electron chi connectivity index (χ1n) is 5.98. The maximum Gasteiger partial charge on any atom is 0.241 e. The van der Waals surface area contributed by atoms with E-state index in [2.05, 4.69) is 0 Å². The van der Waals surface area contributed by atoms with Crippen molar-refractivity contribution in [2.75, 3.05) is 0 Å². The Balaban J connectivity index is 2.02. The predicted molar refractivity (Wildman–Crippen MR) is 67.6 cm³/mol. The lowest BCUT2D eigenvalue weighted by atomic mass is 10.2. The van der Waals surface area contributed by atoms with Crippen molar-refractivity contribution in [3.8, 4) is 5.75 Å². The summed E-state index contributed by atoms with van der Waals surface area (Å²) in [5.41, 5.74) is 5.98. The summed E-state index contributed by atoms with van der Waals surface area (Å²) < 4.78 is 5.87. The zero-order chi connectivity index (χ0) is 12.1. The molecule has 1 aromatic carbocycles. The van der Waals surface area contributed by atoms with E-state index in [0.29, 0.717) is 6.10 Å². The average molecular weight is 231 g/mol. The average Bonchev–Trinajstić information content (AvgIpc) is 2.80. The maximum atomic E-state index is 10.6. The Morgan fingerprint density at radius 1 is 1.35 bits per heavy atom. The second kappa shape index (κ2) is 5.53. The monoisotopic (exact) mass is 231 g/mol. The molecule has 1 aromatic rings. The SMILES string of the molecule is NC(=O)C=Cc1cccc(OC2CCCC2)c1. The molecule has 0 radical (unpaired) electrons. The van der Waals surface area contributed by atoms with Crippen LogP contribution in [-0.4, -0.2) is 12.0 Å². The molecule has 17 heavy (non-hydrogen) atoms. The molecular formula is C14H17NO2. The lowest BCUT2D eigenvalue weighted by Gasteiger charge is -2.13. The number of primary amides is 1. The van der Waals surface area contributed by atoms with Crippen molar-refractivity contribution in [3.05, 3.63) is 35.9 Å². The van der Waals surface area contributed by atoms with Crippen molar-refractivity contribution in [3.63, 3.8) is 0 Å². The fourth-order valence-electron chi connectivity index (χ4n) is 2.07. The molecular weight excluding hydrogens is 214 g/mol. The molecule has 3 heteroatoms. The van der Waals surface area contributed by atoms with Gasteiger partial charge >= 0.3 is 0 Å². The Hall–Kier alpha value is -1.77. The molecule has 0 aromatic heterocycles. The van der Waals surface area contributed by atoms with Gasteiger partial charge in [0.1, 0.15) is 5.75 Å². The van der Waals surface area contributed by atoms with Crippen LogP contribution in [0.15, 0.2) is 30.3 Å². The molecule has 2 N–H and O–H groups in total. The van der Waals surface area contributed by atoms with E-state index in [1.54, 1.807) is 6.08 Å². The minimum atomic E-state index is -0.438. The largest absolute Gasteiger partial charge is 0.490 e. The highest BCUT2D eigenvalue weighted by atomic mass is 16.5. The normalized spacial score (nSPS) is 16.5. The number of hydrogen-bond acceptors (Lipinski definition) is 2. The molecule has 0 unspecified atom stereocenters. The summed E-state index contributed by atoms with van der Waals surface area (Å²) in [6.07, 6.45) is 8.20. The minimum absolute atomic E-state index is 0.352. The minimum Gasteiger partial charge on any atom is -0.490 e. The molecule has 2 rings (SSSR count). The van der Waals surface area contributed by atoms with Crippen LogP contribution in [0.5, 0.6) is 5.75 Å². The van der Waals surface area contributed by atoms with Crippen LogP contribution in [0.1, 0.15) is 31.2 Å². The summed E-state index contributed by atoms with van der Waals surface area (Å²) in [5.74, 6) is 0.427. The number of nitrogens with two attached hydrogens (primary N) is 1. The highest BCUT2D eigenvalue weighted by molar-refractivity contribution is 5.90. The van der Waals surface area contributed by atoms with Gasteiger partial charge in [0.25, 0.3) is 0 Å². The third kappa shape index (κ3) is 3.63. The number of rotatable bonds is 4. The molecule has 1 fully saturated rings. The van der Waals surface area contributed by atoms with Gasteiger partial charge in [-0.2, -0.15) is 0 Å². The van der Waals surface area contributed by atoms with Gasteiger partial charge in [-0.15, -0.1) is 0 Å². The van der Waals surface area contributed by atoms with Gasteiger partial charge in [-0.05, 0) is 49.5 Å². The number of carbonyl (C=O) groups excluding carboxylic acids is 1. The van der Waals surface area contributed by atoms with Gasteiger partial charge in [0.15, 0.2) is 0 Å².